The Bertz CT molecular complexity index is 1530. The number of carboxylic acid groups (broad SMARTS) is 1. The Hall–Kier alpha value is -4.23. The van der Waals surface area contributed by atoms with E-state index in [2.05, 4.69) is 0 Å². The normalized spacial score (nSPS) is 15.7. The summed E-state index contributed by atoms with van der Waals surface area (Å²) in [7, 11) is 0. The summed E-state index contributed by atoms with van der Waals surface area (Å²) in [6.45, 7) is 1.02. The van der Waals surface area contributed by atoms with Gasteiger partial charge >= 0.3 is 11.8 Å². The van der Waals surface area contributed by atoms with Crippen molar-refractivity contribution < 1.29 is 14.3 Å². The first-order valence-electron chi connectivity index (χ1n) is 12.5. The Morgan fingerprint density at radius 3 is 1.89 bits per heavy atom. The van der Waals surface area contributed by atoms with Crippen LogP contribution in [-0.4, -0.2) is 39.0 Å². The molecule has 0 radical (unpaired) electrons. The highest BCUT2D eigenvalue weighted by Gasteiger charge is 2.41. The maximum absolute atomic E-state index is 13.8. The van der Waals surface area contributed by atoms with Gasteiger partial charge in [-0.25, -0.2) is 9.59 Å². The van der Waals surface area contributed by atoms with Crippen molar-refractivity contribution in [2.45, 2.75) is 22.1 Å². The molecule has 6 nitrogen and oxygen atoms in total. The van der Waals surface area contributed by atoms with E-state index < -0.39 is 17.4 Å². The third-order valence-corrected chi connectivity index (χ3v) is 8.42. The monoisotopic (exact) mass is 522 g/mol. The Morgan fingerprint density at radius 2 is 1.39 bits per heavy atom. The molecule has 5 aromatic rings. The molecule has 4 aromatic carbocycles. The molecule has 1 aromatic heterocycles. The number of fused-ring (bicyclic) bond motifs is 1. The summed E-state index contributed by atoms with van der Waals surface area (Å²) >= 11 is 1.62. The fraction of sp³-hybridized carbons (Fsp3) is 0.161. The van der Waals surface area contributed by atoms with Crippen molar-refractivity contribution in [2.24, 2.45) is 0 Å². The highest BCUT2D eigenvalue weighted by molar-refractivity contribution is 8.00. The van der Waals surface area contributed by atoms with Gasteiger partial charge in [0.05, 0.1) is 5.52 Å². The minimum absolute atomic E-state index is 0.161. The van der Waals surface area contributed by atoms with Crippen LogP contribution in [0.2, 0.25) is 0 Å². The molecule has 1 saturated heterocycles. The van der Waals surface area contributed by atoms with E-state index in [1.54, 1.807) is 16.3 Å². The second-order valence-electron chi connectivity index (χ2n) is 9.40. The topological polar surface area (TPSA) is 75.7 Å². The van der Waals surface area contributed by atoms with Crippen molar-refractivity contribution in [3.05, 3.63) is 136 Å². The van der Waals surface area contributed by atoms with Crippen LogP contribution in [0.1, 0.15) is 23.1 Å². The zero-order valence-corrected chi connectivity index (χ0v) is 21.4. The van der Waals surface area contributed by atoms with E-state index in [-0.39, 0.29) is 5.25 Å². The predicted molar refractivity (Wildman–Crippen MR) is 149 cm³/mol. The maximum atomic E-state index is 13.8. The highest BCUT2D eigenvalue weighted by atomic mass is 32.2. The SMILES string of the molecule is O=C(O)N1CCC(Sc2ccc3c(c2)oc(=O)n3C(c2ccccc2)(c2ccccc2)c2ccccc2)C1. The van der Waals surface area contributed by atoms with Crippen LogP contribution in [0.3, 0.4) is 0 Å². The molecule has 2 heterocycles. The summed E-state index contributed by atoms with van der Waals surface area (Å²) in [4.78, 5) is 27.5. The number of rotatable bonds is 6. The van der Waals surface area contributed by atoms with Crippen LogP contribution < -0.4 is 5.76 Å². The number of hydrogen-bond acceptors (Lipinski definition) is 4. The Balaban J connectivity index is 1.54. The molecule has 1 atom stereocenters. The van der Waals surface area contributed by atoms with Gasteiger partial charge in [-0.3, -0.25) is 4.57 Å². The van der Waals surface area contributed by atoms with Gasteiger partial charge in [0, 0.05) is 23.2 Å². The lowest BCUT2D eigenvalue weighted by Crippen LogP contribution is -2.42. The number of amides is 1. The molecule has 1 fully saturated rings. The van der Waals surface area contributed by atoms with Crippen LogP contribution in [0.15, 0.2) is 123 Å². The molecule has 0 spiro atoms. The van der Waals surface area contributed by atoms with E-state index in [0.29, 0.717) is 24.2 Å². The van der Waals surface area contributed by atoms with Crippen LogP contribution >= 0.6 is 11.8 Å². The Morgan fingerprint density at radius 1 is 0.842 bits per heavy atom. The number of aromatic nitrogens is 1. The van der Waals surface area contributed by atoms with Crippen molar-refractivity contribution in [1.29, 1.82) is 0 Å². The van der Waals surface area contributed by atoms with Crippen LogP contribution in [0.25, 0.3) is 11.1 Å². The minimum Gasteiger partial charge on any atom is -0.465 e. The van der Waals surface area contributed by atoms with E-state index in [1.807, 2.05) is 109 Å². The first-order chi connectivity index (χ1) is 18.6. The summed E-state index contributed by atoms with van der Waals surface area (Å²) in [5, 5.41) is 9.46. The zero-order valence-electron chi connectivity index (χ0n) is 20.6. The summed E-state index contributed by atoms with van der Waals surface area (Å²) in [6, 6.07) is 35.9. The predicted octanol–water partition coefficient (Wildman–Crippen LogP) is 6.28. The summed E-state index contributed by atoms with van der Waals surface area (Å²) < 4.78 is 7.69. The fourth-order valence-electron chi connectivity index (χ4n) is 5.51. The first-order valence-corrected chi connectivity index (χ1v) is 13.4. The molecule has 1 aliphatic heterocycles. The van der Waals surface area contributed by atoms with Crippen LogP contribution in [-0.2, 0) is 5.54 Å². The lowest BCUT2D eigenvalue weighted by atomic mass is 9.76. The lowest BCUT2D eigenvalue weighted by Gasteiger charge is -2.36. The molecule has 0 saturated carbocycles. The van der Waals surface area contributed by atoms with Gasteiger partial charge in [0.25, 0.3) is 0 Å². The summed E-state index contributed by atoms with van der Waals surface area (Å²) in [5.41, 5.74) is 3.06. The van der Waals surface area contributed by atoms with Crippen LogP contribution in [0.4, 0.5) is 4.79 Å². The van der Waals surface area contributed by atoms with E-state index in [1.165, 1.54) is 4.90 Å². The zero-order chi connectivity index (χ0) is 26.1. The van der Waals surface area contributed by atoms with Crippen molar-refractivity contribution in [3.63, 3.8) is 0 Å². The van der Waals surface area contributed by atoms with Gasteiger partial charge < -0.3 is 14.4 Å². The largest absolute Gasteiger partial charge is 0.465 e. The van der Waals surface area contributed by atoms with Gasteiger partial charge in [0.1, 0.15) is 5.54 Å². The average molecular weight is 523 g/mol. The van der Waals surface area contributed by atoms with Crippen molar-refractivity contribution in [1.82, 2.24) is 9.47 Å². The lowest BCUT2D eigenvalue weighted by molar-refractivity contribution is 0.156. The molecule has 7 heteroatoms. The maximum Gasteiger partial charge on any atom is 0.421 e. The van der Waals surface area contributed by atoms with Gasteiger partial charge in [0.2, 0.25) is 0 Å². The molecule has 0 aliphatic carbocycles. The summed E-state index contributed by atoms with van der Waals surface area (Å²) in [6.07, 6.45) is -0.0928. The van der Waals surface area contributed by atoms with Gasteiger partial charge in [0.15, 0.2) is 5.58 Å². The molecular formula is C31H26N2O4S. The third kappa shape index (κ3) is 4.09. The molecule has 1 unspecified atom stereocenters. The number of carbonyl (C=O) groups is 1. The smallest absolute Gasteiger partial charge is 0.421 e. The third-order valence-electron chi connectivity index (χ3n) is 7.18. The second-order valence-corrected chi connectivity index (χ2v) is 10.8. The van der Waals surface area contributed by atoms with Gasteiger partial charge in [-0.1, -0.05) is 91.0 Å². The molecule has 190 valence electrons. The number of oxazole rings is 1. The molecule has 1 amide bonds. The molecule has 38 heavy (non-hydrogen) atoms. The first kappa shape index (κ1) is 24.1. The van der Waals surface area contributed by atoms with Crippen molar-refractivity contribution in [2.75, 3.05) is 13.1 Å². The minimum atomic E-state index is -0.964. The summed E-state index contributed by atoms with van der Waals surface area (Å²) in [5.74, 6) is -0.448. The molecule has 1 N–H and O–H groups in total. The number of hydrogen-bond donors (Lipinski definition) is 1. The van der Waals surface area contributed by atoms with E-state index in [9.17, 15) is 14.7 Å². The molecule has 1 aliphatic rings. The number of nitrogens with zero attached hydrogens (tertiary/aromatic N) is 2. The average Bonchev–Trinajstić information content (AvgIpc) is 3.55. The van der Waals surface area contributed by atoms with E-state index in [0.717, 1.165) is 28.0 Å². The van der Waals surface area contributed by atoms with Gasteiger partial charge in [-0.05, 0) is 41.3 Å². The number of benzene rings is 4. The molecule has 6 rings (SSSR count). The van der Waals surface area contributed by atoms with Gasteiger partial charge in [-0.2, -0.15) is 0 Å². The highest BCUT2D eigenvalue weighted by Crippen LogP contribution is 2.42. The number of thioether (sulfide) groups is 1. The van der Waals surface area contributed by atoms with Crippen molar-refractivity contribution >= 4 is 29.0 Å². The van der Waals surface area contributed by atoms with Crippen molar-refractivity contribution in [3.8, 4) is 0 Å². The van der Waals surface area contributed by atoms with Crippen LogP contribution in [0, 0.1) is 0 Å². The Labute approximate surface area is 224 Å². The quantitative estimate of drug-likeness (QED) is 0.266. The second kappa shape index (κ2) is 9.91. The van der Waals surface area contributed by atoms with Gasteiger partial charge in [-0.15, -0.1) is 11.8 Å². The number of likely N-dealkylation sites (tertiary alicyclic amines) is 1. The standard InChI is InChI=1S/C31H26N2O4S/c34-29(35)32-19-18-26(21-32)38-25-16-17-27-28(20-25)37-30(36)33(27)31(22-10-4-1-5-11-22,23-12-6-2-7-13-23)24-14-8-3-9-15-24/h1-17,20,26H,18-19,21H2,(H,34,35). The van der Waals surface area contributed by atoms with E-state index in [4.69, 9.17) is 4.42 Å². The fourth-order valence-corrected chi connectivity index (χ4v) is 6.69. The molecular weight excluding hydrogens is 496 g/mol. The Kier molecular flexibility index (Phi) is 6.29. The van der Waals surface area contributed by atoms with E-state index >= 15 is 0 Å². The van der Waals surface area contributed by atoms with Crippen LogP contribution in [0.5, 0.6) is 0 Å². The molecule has 0 bridgehead atoms.